The van der Waals surface area contributed by atoms with E-state index in [2.05, 4.69) is 5.32 Å². The van der Waals surface area contributed by atoms with E-state index in [1.54, 1.807) is 19.2 Å². The van der Waals surface area contributed by atoms with Crippen molar-refractivity contribution >= 4 is 0 Å². The van der Waals surface area contributed by atoms with E-state index in [0.29, 0.717) is 11.1 Å². The SMILES string of the molecule is CNC(Cc1cc(F)cc(F)c1)c1cccc(OC)c1F. The van der Waals surface area contributed by atoms with Crippen LogP contribution in [0.1, 0.15) is 17.2 Å². The lowest BCUT2D eigenvalue weighted by Gasteiger charge is -2.18. The first-order chi connectivity index (χ1) is 10.0. The number of nitrogens with one attached hydrogen (secondary N) is 1. The predicted molar refractivity (Wildman–Crippen MR) is 74.8 cm³/mol. The number of rotatable bonds is 5. The average molecular weight is 295 g/mol. The van der Waals surface area contributed by atoms with Crippen molar-refractivity contribution in [2.75, 3.05) is 14.2 Å². The summed E-state index contributed by atoms with van der Waals surface area (Å²) in [5.74, 6) is -1.63. The zero-order valence-electron chi connectivity index (χ0n) is 11.8. The van der Waals surface area contributed by atoms with Gasteiger partial charge in [-0.2, -0.15) is 0 Å². The van der Waals surface area contributed by atoms with E-state index < -0.39 is 23.5 Å². The fourth-order valence-corrected chi connectivity index (χ4v) is 2.29. The summed E-state index contributed by atoms with van der Waals surface area (Å²) in [5.41, 5.74) is 0.843. The zero-order chi connectivity index (χ0) is 15.4. The molecule has 5 heteroatoms. The third kappa shape index (κ3) is 3.55. The molecule has 0 aliphatic carbocycles. The average Bonchev–Trinajstić information content (AvgIpc) is 2.44. The third-order valence-corrected chi connectivity index (χ3v) is 3.30. The van der Waals surface area contributed by atoms with Crippen molar-refractivity contribution in [2.24, 2.45) is 0 Å². The van der Waals surface area contributed by atoms with Gasteiger partial charge in [0.15, 0.2) is 11.6 Å². The largest absolute Gasteiger partial charge is 0.494 e. The molecule has 0 spiro atoms. The van der Waals surface area contributed by atoms with Crippen molar-refractivity contribution in [2.45, 2.75) is 12.5 Å². The van der Waals surface area contributed by atoms with Gasteiger partial charge in [0.25, 0.3) is 0 Å². The molecule has 0 aliphatic heterocycles. The van der Waals surface area contributed by atoms with Crippen LogP contribution in [-0.4, -0.2) is 14.2 Å². The molecule has 0 aliphatic rings. The Morgan fingerprint density at radius 2 is 1.76 bits per heavy atom. The quantitative estimate of drug-likeness (QED) is 0.909. The van der Waals surface area contributed by atoms with Gasteiger partial charge < -0.3 is 10.1 Å². The van der Waals surface area contributed by atoms with Crippen LogP contribution in [0, 0.1) is 17.5 Å². The van der Waals surface area contributed by atoms with Crippen LogP contribution in [0.3, 0.4) is 0 Å². The lowest BCUT2D eigenvalue weighted by molar-refractivity contribution is 0.380. The standard InChI is InChI=1S/C16H16F3NO/c1-20-14(8-10-6-11(17)9-12(18)7-10)13-4-3-5-15(21-2)16(13)19/h3-7,9,14,20H,8H2,1-2H3. The molecular formula is C16H16F3NO. The molecule has 0 saturated heterocycles. The first-order valence-corrected chi connectivity index (χ1v) is 6.49. The molecule has 0 radical (unpaired) electrons. The summed E-state index contributed by atoms with van der Waals surface area (Å²) < 4.78 is 45.7. The fraction of sp³-hybridized carbons (Fsp3) is 0.250. The minimum absolute atomic E-state index is 0.137. The van der Waals surface area contributed by atoms with Crippen LogP contribution in [0.25, 0.3) is 0 Å². The van der Waals surface area contributed by atoms with Crippen LogP contribution in [0.5, 0.6) is 5.75 Å². The summed E-state index contributed by atoms with van der Waals surface area (Å²) in [6.45, 7) is 0. The second-order valence-corrected chi connectivity index (χ2v) is 4.69. The van der Waals surface area contributed by atoms with Crippen molar-refractivity contribution in [3.63, 3.8) is 0 Å². The van der Waals surface area contributed by atoms with Gasteiger partial charge in [0, 0.05) is 17.7 Å². The first-order valence-electron chi connectivity index (χ1n) is 6.49. The Morgan fingerprint density at radius 3 is 2.33 bits per heavy atom. The summed E-state index contributed by atoms with van der Waals surface area (Å²) >= 11 is 0. The Kier molecular flexibility index (Phi) is 4.85. The maximum absolute atomic E-state index is 14.3. The molecule has 0 saturated carbocycles. The maximum Gasteiger partial charge on any atom is 0.169 e. The van der Waals surface area contributed by atoms with Crippen LogP contribution in [0.4, 0.5) is 13.2 Å². The molecule has 21 heavy (non-hydrogen) atoms. The summed E-state index contributed by atoms with van der Waals surface area (Å²) in [5, 5.41) is 2.96. The van der Waals surface area contributed by atoms with Crippen LogP contribution in [0.15, 0.2) is 36.4 Å². The van der Waals surface area contributed by atoms with Crippen LogP contribution < -0.4 is 10.1 Å². The number of likely N-dealkylation sites (N-methyl/N-ethyl adjacent to an activating group) is 1. The number of benzene rings is 2. The van der Waals surface area contributed by atoms with Crippen LogP contribution in [-0.2, 0) is 6.42 Å². The van der Waals surface area contributed by atoms with E-state index >= 15 is 0 Å². The monoisotopic (exact) mass is 295 g/mol. The Labute approximate surface area is 121 Å². The minimum Gasteiger partial charge on any atom is -0.494 e. The van der Waals surface area contributed by atoms with Gasteiger partial charge in [-0.3, -0.25) is 0 Å². The van der Waals surface area contributed by atoms with Gasteiger partial charge in [-0.25, -0.2) is 13.2 Å². The van der Waals surface area contributed by atoms with Gasteiger partial charge in [-0.15, -0.1) is 0 Å². The van der Waals surface area contributed by atoms with E-state index in [1.807, 2.05) is 0 Å². The summed E-state index contributed by atoms with van der Waals surface area (Å²) in [4.78, 5) is 0. The number of methoxy groups -OCH3 is 1. The second-order valence-electron chi connectivity index (χ2n) is 4.69. The number of hydrogen-bond acceptors (Lipinski definition) is 2. The zero-order valence-corrected chi connectivity index (χ0v) is 11.8. The van der Waals surface area contributed by atoms with Gasteiger partial charge in [-0.05, 0) is 37.2 Å². The molecule has 0 aromatic heterocycles. The van der Waals surface area contributed by atoms with Gasteiger partial charge in [0.05, 0.1) is 7.11 Å². The highest BCUT2D eigenvalue weighted by Gasteiger charge is 2.18. The van der Waals surface area contributed by atoms with Crippen molar-refractivity contribution in [3.05, 3.63) is 65.0 Å². The Hall–Kier alpha value is -2.01. The lowest BCUT2D eigenvalue weighted by Crippen LogP contribution is -2.20. The Bertz CT molecular complexity index is 611. The van der Waals surface area contributed by atoms with Crippen molar-refractivity contribution in [1.82, 2.24) is 5.32 Å². The van der Waals surface area contributed by atoms with E-state index in [0.717, 1.165) is 6.07 Å². The number of ether oxygens (including phenoxy) is 1. The van der Waals surface area contributed by atoms with E-state index in [9.17, 15) is 13.2 Å². The topological polar surface area (TPSA) is 21.3 Å². The van der Waals surface area contributed by atoms with E-state index in [4.69, 9.17) is 4.74 Å². The highest BCUT2D eigenvalue weighted by Crippen LogP contribution is 2.27. The minimum atomic E-state index is -0.647. The van der Waals surface area contributed by atoms with Gasteiger partial charge in [0.2, 0.25) is 0 Å². The summed E-state index contributed by atoms with van der Waals surface area (Å²) in [6.07, 6.45) is 0.259. The van der Waals surface area contributed by atoms with Crippen LogP contribution in [0.2, 0.25) is 0 Å². The molecular weight excluding hydrogens is 279 g/mol. The Morgan fingerprint density at radius 1 is 1.10 bits per heavy atom. The molecule has 1 N–H and O–H groups in total. The molecule has 2 nitrogen and oxygen atoms in total. The second kappa shape index (κ2) is 6.63. The predicted octanol–water partition coefficient (Wildman–Crippen LogP) is 3.62. The van der Waals surface area contributed by atoms with Crippen molar-refractivity contribution in [3.8, 4) is 5.75 Å². The molecule has 1 atom stereocenters. The smallest absolute Gasteiger partial charge is 0.169 e. The normalized spacial score (nSPS) is 12.2. The molecule has 112 valence electrons. The van der Waals surface area contributed by atoms with E-state index in [1.165, 1.54) is 25.3 Å². The molecule has 0 fully saturated rings. The van der Waals surface area contributed by atoms with Crippen molar-refractivity contribution < 1.29 is 17.9 Å². The molecule has 0 heterocycles. The summed E-state index contributed by atoms with van der Waals surface area (Å²) in [6, 6.07) is 7.69. The van der Waals surface area contributed by atoms with Crippen LogP contribution >= 0.6 is 0 Å². The molecule has 2 aromatic rings. The van der Waals surface area contributed by atoms with Gasteiger partial charge in [0.1, 0.15) is 11.6 Å². The molecule has 2 rings (SSSR count). The van der Waals surface area contributed by atoms with E-state index in [-0.39, 0.29) is 12.2 Å². The van der Waals surface area contributed by atoms with Crippen molar-refractivity contribution in [1.29, 1.82) is 0 Å². The molecule has 1 unspecified atom stereocenters. The molecule has 0 amide bonds. The van der Waals surface area contributed by atoms with Gasteiger partial charge in [-0.1, -0.05) is 12.1 Å². The molecule has 2 aromatic carbocycles. The Balaban J connectivity index is 2.32. The maximum atomic E-state index is 14.3. The fourth-order valence-electron chi connectivity index (χ4n) is 2.29. The number of halogens is 3. The highest BCUT2D eigenvalue weighted by molar-refractivity contribution is 5.34. The number of hydrogen-bond donors (Lipinski definition) is 1. The third-order valence-electron chi connectivity index (χ3n) is 3.30. The summed E-state index contributed by atoms with van der Waals surface area (Å²) in [7, 11) is 3.05. The highest BCUT2D eigenvalue weighted by atomic mass is 19.1. The lowest BCUT2D eigenvalue weighted by atomic mass is 9.98. The first kappa shape index (κ1) is 15.4. The van der Waals surface area contributed by atoms with Gasteiger partial charge >= 0.3 is 0 Å². The molecule has 0 bridgehead atoms.